The number of benzene rings is 1. The van der Waals surface area contributed by atoms with Gasteiger partial charge in [0.25, 0.3) is 0 Å². The van der Waals surface area contributed by atoms with Crippen molar-refractivity contribution in [3.8, 4) is 0 Å². The van der Waals surface area contributed by atoms with E-state index in [1.54, 1.807) is 6.07 Å². The van der Waals surface area contributed by atoms with Gasteiger partial charge in [0.2, 0.25) is 5.91 Å². The van der Waals surface area contributed by atoms with Crippen molar-refractivity contribution in [1.29, 1.82) is 0 Å². The van der Waals surface area contributed by atoms with Crippen LogP contribution in [0.25, 0.3) is 0 Å². The highest BCUT2D eigenvalue weighted by molar-refractivity contribution is 5.91. The molecule has 20 heavy (non-hydrogen) atoms. The molecule has 110 valence electrons. The molecule has 0 aliphatic heterocycles. The first-order valence-electron chi connectivity index (χ1n) is 6.47. The summed E-state index contributed by atoms with van der Waals surface area (Å²) in [6, 6.07) is 4.95. The van der Waals surface area contributed by atoms with E-state index in [-0.39, 0.29) is 12.5 Å². The quantitative estimate of drug-likeness (QED) is 0.816. The molecule has 0 heterocycles. The van der Waals surface area contributed by atoms with Gasteiger partial charge in [-0.2, -0.15) is 13.2 Å². The molecule has 1 aliphatic carbocycles. The van der Waals surface area contributed by atoms with Crippen LogP contribution in [0.5, 0.6) is 0 Å². The molecular weight excluding hydrogens is 271 g/mol. The Bertz CT molecular complexity index is 495. The van der Waals surface area contributed by atoms with Crippen LogP contribution in [0.3, 0.4) is 0 Å². The summed E-state index contributed by atoms with van der Waals surface area (Å²) >= 11 is 0. The number of halogens is 3. The van der Waals surface area contributed by atoms with Crippen LogP contribution < -0.4 is 5.32 Å². The van der Waals surface area contributed by atoms with Gasteiger partial charge in [-0.15, -0.1) is 0 Å². The van der Waals surface area contributed by atoms with Gasteiger partial charge in [0, 0.05) is 13.2 Å². The maximum Gasteiger partial charge on any atom is 0.416 e. The normalized spacial score (nSPS) is 16.8. The van der Waals surface area contributed by atoms with E-state index in [1.165, 1.54) is 6.07 Å². The molecule has 1 aromatic rings. The van der Waals surface area contributed by atoms with Crippen molar-refractivity contribution in [2.75, 3.05) is 13.2 Å². The minimum Gasteiger partial charge on any atom is -0.396 e. The molecule has 6 heteroatoms. The zero-order valence-electron chi connectivity index (χ0n) is 10.8. The number of hydrogen-bond acceptors (Lipinski definition) is 2. The van der Waals surface area contributed by atoms with E-state index in [0.29, 0.717) is 31.4 Å². The monoisotopic (exact) mass is 287 g/mol. The second kappa shape index (κ2) is 5.44. The van der Waals surface area contributed by atoms with Crippen LogP contribution in [0.15, 0.2) is 24.3 Å². The van der Waals surface area contributed by atoms with Gasteiger partial charge in [0.05, 0.1) is 11.0 Å². The number of rotatable bonds is 5. The molecule has 0 bridgehead atoms. The molecule has 0 saturated heterocycles. The lowest BCUT2D eigenvalue weighted by molar-refractivity contribution is -0.137. The second-order valence-corrected chi connectivity index (χ2v) is 4.99. The van der Waals surface area contributed by atoms with Gasteiger partial charge in [0.1, 0.15) is 0 Å². The average molecular weight is 287 g/mol. The number of nitrogens with one attached hydrogen (secondary N) is 1. The van der Waals surface area contributed by atoms with E-state index in [2.05, 4.69) is 5.32 Å². The molecule has 2 N–H and O–H groups in total. The molecule has 0 spiro atoms. The summed E-state index contributed by atoms with van der Waals surface area (Å²) in [6.45, 7) is 0.298. The number of carbonyl (C=O) groups is 1. The van der Waals surface area contributed by atoms with Crippen molar-refractivity contribution >= 4 is 5.91 Å². The fraction of sp³-hybridized carbons (Fsp3) is 0.500. The lowest BCUT2D eigenvalue weighted by Crippen LogP contribution is -2.35. The van der Waals surface area contributed by atoms with Crippen LogP contribution in [0.4, 0.5) is 13.2 Å². The first kappa shape index (κ1) is 14.8. The minimum absolute atomic E-state index is 0.0309. The smallest absolute Gasteiger partial charge is 0.396 e. The third-order valence-electron chi connectivity index (χ3n) is 3.55. The number of carbonyl (C=O) groups excluding carboxylic acids is 1. The van der Waals surface area contributed by atoms with Crippen molar-refractivity contribution in [3.63, 3.8) is 0 Å². The topological polar surface area (TPSA) is 49.3 Å². The molecule has 0 radical (unpaired) electrons. The van der Waals surface area contributed by atoms with E-state index >= 15 is 0 Å². The van der Waals surface area contributed by atoms with Gasteiger partial charge in [0.15, 0.2) is 0 Å². The Morgan fingerprint density at radius 2 is 2.05 bits per heavy atom. The van der Waals surface area contributed by atoms with Gasteiger partial charge >= 0.3 is 6.18 Å². The van der Waals surface area contributed by atoms with Gasteiger partial charge in [-0.05, 0) is 30.9 Å². The molecular formula is C14H16F3NO2. The number of amides is 1. The molecule has 1 saturated carbocycles. The van der Waals surface area contributed by atoms with E-state index in [1.807, 2.05) is 0 Å². The third-order valence-corrected chi connectivity index (χ3v) is 3.55. The van der Waals surface area contributed by atoms with Crippen LogP contribution in [0.2, 0.25) is 0 Å². The van der Waals surface area contributed by atoms with Crippen LogP contribution in [-0.2, 0) is 16.4 Å². The van der Waals surface area contributed by atoms with E-state index in [0.717, 1.165) is 12.1 Å². The summed E-state index contributed by atoms with van der Waals surface area (Å²) in [4.78, 5) is 12.1. The van der Waals surface area contributed by atoms with Crippen LogP contribution in [0, 0.1) is 0 Å². The predicted octanol–water partition coefficient (Wildman–Crippen LogP) is 2.24. The maximum absolute atomic E-state index is 12.7. The highest BCUT2D eigenvalue weighted by Crippen LogP contribution is 2.49. The highest BCUT2D eigenvalue weighted by atomic mass is 19.4. The zero-order valence-corrected chi connectivity index (χ0v) is 10.8. The Kier molecular flexibility index (Phi) is 4.04. The standard InChI is InChI=1S/C14H16F3NO2/c15-14(16,17)11-4-1-3-10(9-11)13(5-6-13)12(20)18-7-2-8-19/h1,3-4,9,19H,2,5-8H2,(H,18,20). The number of aliphatic hydroxyl groups excluding tert-OH is 1. The van der Waals surface area contributed by atoms with E-state index in [9.17, 15) is 18.0 Å². The second-order valence-electron chi connectivity index (χ2n) is 4.99. The summed E-state index contributed by atoms with van der Waals surface area (Å²) in [5, 5.41) is 11.3. The van der Waals surface area contributed by atoms with Crippen LogP contribution in [-0.4, -0.2) is 24.2 Å². The number of alkyl halides is 3. The number of aliphatic hydroxyl groups is 1. The molecule has 1 amide bonds. The van der Waals surface area contributed by atoms with E-state index in [4.69, 9.17) is 5.11 Å². The van der Waals surface area contributed by atoms with Crippen LogP contribution in [0.1, 0.15) is 30.4 Å². The van der Waals surface area contributed by atoms with Crippen LogP contribution >= 0.6 is 0 Å². The summed E-state index contributed by atoms with van der Waals surface area (Å²) in [6.07, 6.45) is -2.86. The third kappa shape index (κ3) is 2.95. The largest absolute Gasteiger partial charge is 0.416 e. The molecule has 1 aliphatic rings. The fourth-order valence-electron chi connectivity index (χ4n) is 2.22. The zero-order chi connectivity index (χ0) is 14.8. The molecule has 0 atom stereocenters. The van der Waals surface area contributed by atoms with E-state index < -0.39 is 17.2 Å². The summed E-state index contributed by atoms with van der Waals surface area (Å²) < 4.78 is 38.1. The molecule has 0 aromatic heterocycles. The highest BCUT2D eigenvalue weighted by Gasteiger charge is 2.51. The molecule has 2 rings (SSSR count). The minimum atomic E-state index is -4.40. The lowest BCUT2D eigenvalue weighted by atomic mass is 9.93. The molecule has 1 fully saturated rings. The first-order chi connectivity index (χ1) is 9.40. The molecule has 0 unspecified atom stereocenters. The average Bonchev–Trinajstić information content (AvgIpc) is 3.19. The van der Waals surface area contributed by atoms with Crippen molar-refractivity contribution in [1.82, 2.24) is 5.32 Å². The van der Waals surface area contributed by atoms with Gasteiger partial charge in [-0.1, -0.05) is 18.2 Å². The molecule has 1 aromatic carbocycles. The summed E-state index contributed by atoms with van der Waals surface area (Å²) in [5.41, 5.74) is -1.14. The Balaban J connectivity index is 2.16. The summed E-state index contributed by atoms with van der Waals surface area (Å²) in [5.74, 6) is -0.259. The van der Waals surface area contributed by atoms with Gasteiger partial charge in [-0.3, -0.25) is 4.79 Å². The van der Waals surface area contributed by atoms with Crippen molar-refractivity contribution in [2.24, 2.45) is 0 Å². The molecule has 3 nitrogen and oxygen atoms in total. The maximum atomic E-state index is 12.7. The Morgan fingerprint density at radius 3 is 2.60 bits per heavy atom. The van der Waals surface area contributed by atoms with Gasteiger partial charge in [-0.25, -0.2) is 0 Å². The summed E-state index contributed by atoms with van der Waals surface area (Å²) in [7, 11) is 0. The Hall–Kier alpha value is -1.56. The first-order valence-corrected chi connectivity index (χ1v) is 6.47. The number of hydrogen-bond donors (Lipinski definition) is 2. The fourth-order valence-corrected chi connectivity index (χ4v) is 2.22. The van der Waals surface area contributed by atoms with Crippen molar-refractivity contribution in [3.05, 3.63) is 35.4 Å². The van der Waals surface area contributed by atoms with Gasteiger partial charge < -0.3 is 10.4 Å². The van der Waals surface area contributed by atoms with Crippen molar-refractivity contribution in [2.45, 2.75) is 30.9 Å². The Labute approximate surface area is 114 Å². The van der Waals surface area contributed by atoms with Crippen molar-refractivity contribution < 1.29 is 23.1 Å². The predicted molar refractivity (Wildman–Crippen MR) is 67.1 cm³/mol. The Morgan fingerprint density at radius 1 is 1.35 bits per heavy atom. The lowest BCUT2D eigenvalue weighted by Gasteiger charge is -2.17. The SMILES string of the molecule is O=C(NCCCO)C1(c2cccc(C(F)(F)F)c2)CC1.